The second-order valence-electron chi connectivity index (χ2n) is 11.5. The van der Waals surface area contributed by atoms with Crippen LogP contribution in [0.5, 0.6) is 0 Å². The van der Waals surface area contributed by atoms with Crippen LogP contribution in [-0.2, 0) is 22.3 Å². The van der Waals surface area contributed by atoms with E-state index in [0.29, 0.717) is 30.6 Å². The molecule has 6 nitrogen and oxygen atoms in total. The lowest BCUT2D eigenvalue weighted by molar-refractivity contribution is -0.166. The van der Waals surface area contributed by atoms with Crippen molar-refractivity contribution < 1.29 is 37.0 Å². The normalized spacial score (nSPS) is 27.8. The van der Waals surface area contributed by atoms with E-state index >= 15 is 0 Å². The van der Waals surface area contributed by atoms with E-state index in [2.05, 4.69) is 17.1 Å². The van der Waals surface area contributed by atoms with Crippen LogP contribution in [0.4, 0.5) is 17.6 Å². The topological polar surface area (TPSA) is 78.9 Å². The summed E-state index contributed by atoms with van der Waals surface area (Å²) in [5, 5.41) is 12.1. The Kier molecular flexibility index (Phi) is 7.94. The van der Waals surface area contributed by atoms with Crippen molar-refractivity contribution in [3.05, 3.63) is 70.5 Å². The van der Waals surface area contributed by atoms with Crippen LogP contribution in [0.25, 0.3) is 0 Å². The van der Waals surface area contributed by atoms with E-state index in [1.807, 2.05) is 6.07 Å². The van der Waals surface area contributed by atoms with E-state index in [1.54, 1.807) is 18.2 Å². The number of rotatable bonds is 7. The molecule has 5 rings (SSSR count). The summed E-state index contributed by atoms with van der Waals surface area (Å²) in [6, 6.07) is 9.59. The summed E-state index contributed by atoms with van der Waals surface area (Å²) >= 11 is 0. The molecular weight excluding hydrogens is 528 g/mol. The molecule has 0 unspecified atom stereocenters. The number of ether oxygens (including phenoxy) is 1. The number of aromatic carboxylic acids is 1. The Labute approximate surface area is 230 Å². The number of hydrogen-bond donors (Lipinski definition) is 2. The molecule has 2 aromatic rings. The van der Waals surface area contributed by atoms with Gasteiger partial charge >= 0.3 is 12.1 Å². The van der Waals surface area contributed by atoms with Gasteiger partial charge in [0.05, 0.1) is 17.7 Å². The average Bonchev–Trinajstić information content (AvgIpc) is 3.77. The molecule has 2 heterocycles. The summed E-state index contributed by atoms with van der Waals surface area (Å²) in [5.41, 5.74) is -0.723. The average molecular weight is 563 g/mol. The minimum atomic E-state index is -4.67. The fourth-order valence-corrected chi connectivity index (χ4v) is 6.46. The quantitative estimate of drug-likeness (QED) is 0.429. The number of carboxylic acids is 1. The van der Waals surface area contributed by atoms with E-state index in [1.165, 1.54) is 0 Å². The Morgan fingerprint density at radius 2 is 1.90 bits per heavy atom. The monoisotopic (exact) mass is 562 g/mol. The molecule has 216 valence electrons. The molecule has 4 atom stereocenters. The first-order valence-corrected chi connectivity index (χ1v) is 13.8. The van der Waals surface area contributed by atoms with Crippen molar-refractivity contribution in [2.24, 2.45) is 11.8 Å². The van der Waals surface area contributed by atoms with Crippen LogP contribution in [0.3, 0.4) is 0 Å². The van der Waals surface area contributed by atoms with Crippen LogP contribution in [-0.4, -0.2) is 53.2 Å². The number of likely N-dealkylation sites (tertiary alicyclic amines) is 1. The third kappa shape index (κ3) is 6.02. The Balaban J connectivity index is 1.19. The minimum absolute atomic E-state index is 0.0473. The van der Waals surface area contributed by atoms with Crippen molar-refractivity contribution in [3.8, 4) is 0 Å². The number of piperidine rings is 1. The van der Waals surface area contributed by atoms with Gasteiger partial charge in [0.2, 0.25) is 0 Å². The van der Waals surface area contributed by atoms with Crippen molar-refractivity contribution in [1.29, 1.82) is 0 Å². The first kappa shape index (κ1) is 28.5. The van der Waals surface area contributed by atoms with Gasteiger partial charge in [-0.25, -0.2) is 9.18 Å². The second kappa shape index (κ2) is 11.1. The van der Waals surface area contributed by atoms with Gasteiger partial charge < -0.3 is 15.2 Å². The highest BCUT2D eigenvalue weighted by Crippen LogP contribution is 2.47. The predicted molar refractivity (Wildman–Crippen MR) is 139 cm³/mol. The first-order valence-electron chi connectivity index (χ1n) is 13.8. The van der Waals surface area contributed by atoms with Gasteiger partial charge in [0.15, 0.2) is 0 Å². The lowest BCUT2D eigenvalue weighted by Crippen LogP contribution is -2.57. The molecule has 0 spiro atoms. The number of carbonyl (C=O) groups is 2. The highest BCUT2D eigenvalue weighted by Gasteiger charge is 2.54. The van der Waals surface area contributed by atoms with Crippen molar-refractivity contribution in [2.75, 3.05) is 19.7 Å². The van der Waals surface area contributed by atoms with E-state index in [-0.39, 0.29) is 35.9 Å². The number of nitrogens with zero attached hydrogens (tertiary/aromatic N) is 1. The van der Waals surface area contributed by atoms with Gasteiger partial charge in [-0.05, 0) is 97.9 Å². The van der Waals surface area contributed by atoms with E-state index in [0.717, 1.165) is 56.5 Å². The van der Waals surface area contributed by atoms with Gasteiger partial charge in [0.25, 0.3) is 5.91 Å². The number of nitrogens with one attached hydrogen (secondary N) is 1. The molecule has 3 fully saturated rings. The van der Waals surface area contributed by atoms with Gasteiger partial charge in [0.1, 0.15) is 11.4 Å². The number of carboxylic acid groups (broad SMARTS) is 1. The summed E-state index contributed by atoms with van der Waals surface area (Å²) < 4.78 is 59.4. The Hall–Kier alpha value is -2.98. The molecule has 3 aliphatic rings. The van der Waals surface area contributed by atoms with Crippen LogP contribution in [0.2, 0.25) is 0 Å². The third-order valence-corrected chi connectivity index (χ3v) is 8.76. The molecule has 1 aliphatic carbocycles. The maximum Gasteiger partial charge on any atom is 0.416 e. The number of halogens is 4. The van der Waals surface area contributed by atoms with Crippen molar-refractivity contribution in [1.82, 2.24) is 10.2 Å². The molecule has 0 aromatic heterocycles. The SMILES string of the molecule is C[C@H]1CN([C@@H]2CC[C@@](C(=O)NCc3cc(F)cc(C(F)(F)F)c3)(C3CC3)OC2)CC[C@@H]1c1cccc(C(=O)O)c1. The number of amides is 1. The van der Waals surface area contributed by atoms with Gasteiger partial charge in [-0.3, -0.25) is 9.69 Å². The van der Waals surface area contributed by atoms with E-state index in [4.69, 9.17) is 4.74 Å². The molecule has 2 N–H and O–H groups in total. The number of alkyl halides is 3. The van der Waals surface area contributed by atoms with Crippen molar-refractivity contribution >= 4 is 11.9 Å². The lowest BCUT2D eigenvalue weighted by atomic mass is 9.79. The molecule has 2 aliphatic heterocycles. The zero-order valence-electron chi connectivity index (χ0n) is 22.3. The van der Waals surface area contributed by atoms with Crippen LogP contribution < -0.4 is 5.32 Å². The number of benzene rings is 2. The summed E-state index contributed by atoms with van der Waals surface area (Å²) in [6.45, 7) is 4.01. The fraction of sp³-hybridized carbons (Fsp3) is 0.533. The lowest BCUT2D eigenvalue weighted by Gasteiger charge is -2.46. The molecule has 40 heavy (non-hydrogen) atoms. The van der Waals surface area contributed by atoms with E-state index < -0.39 is 29.1 Å². The van der Waals surface area contributed by atoms with Crippen LogP contribution >= 0.6 is 0 Å². The molecule has 2 aromatic carbocycles. The molecule has 2 saturated heterocycles. The standard InChI is InChI=1S/C30H34F4N2O4/c1-18-16-36(10-8-26(18)20-3-2-4-21(13-20)27(37)38)25-7-9-29(40-17-25,22-5-6-22)28(39)35-15-19-11-23(30(32,33)34)14-24(31)12-19/h2-4,11-14,18,22,25-26H,5-10,15-17H2,1H3,(H,35,39)(H,37,38)/t18-,25+,26-,29-/m0/s1. The van der Waals surface area contributed by atoms with Gasteiger partial charge in [-0.15, -0.1) is 0 Å². The number of carbonyl (C=O) groups excluding carboxylic acids is 1. The zero-order valence-corrected chi connectivity index (χ0v) is 22.3. The Morgan fingerprint density at radius 3 is 2.52 bits per heavy atom. The highest BCUT2D eigenvalue weighted by molar-refractivity contribution is 5.87. The van der Waals surface area contributed by atoms with Gasteiger partial charge in [-0.2, -0.15) is 13.2 Å². The summed E-state index contributed by atoms with van der Waals surface area (Å²) in [7, 11) is 0. The zero-order chi connectivity index (χ0) is 28.7. The molecule has 0 radical (unpaired) electrons. The van der Waals surface area contributed by atoms with E-state index in [9.17, 15) is 32.3 Å². The fourth-order valence-electron chi connectivity index (χ4n) is 6.46. The maximum absolute atomic E-state index is 13.8. The molecular formula is C30H34F4N2O4. The molecule has 0 bridgehead atoms. The smallest absolute Gasteiger partial charge is 0.416 e. The first-order chi connectivity index (χ1) is 19.0. The maximum atomic E-state index is 13.8. The van der Waals surface area contributed by atoms with Crippen LogP contribution in [0.1, 0.15) is 72.0 Å². The van der Waals surface area contributed by atoms with Crippen molar-refractivity contribution in [3.63, 3.8) is 0 Å². The summed E-state index contributed by atoms with van der Waals surface area (Å²) in [5.74, 6) is -1.65. The number of hydrogen-bond acceptors (Lipinski definition) is 4. The largest absolute Gasteiger partial charge is 0.478 e. The third-order valence-electron chi connectivity index (χ3n) is 8.76. The summed E-state index contributed by atoms with van der Waals surface area (Å²) in [4.78, 5) is 27.1. The van der Waals surface area contributed by atoms with Gasteiger partial charge in [0, 0.05) is 19.1 Å². The highest BCUT2D eigenvalue weighted by atomic mass is 19.4. The molecule has 1 amide bonds. The van der Waals surface area contributed by atoms with Crippen LogP contribution in [0.15, 0.2) is 42.5 Å². The van der Waals surface area contributed by atoms with Gasteiger partial charge in [-0.1, -0.05) is 19.1 Å². The Bertz CT molecular complexity index is 1250. The second-order valence-corrected chi connectivity index (χ2v) is 11.5. The minimum Gasteiger partial charge on any atom is -0.478 e. The predicted octanol–water partition coefficient (Wildman–Crippen LogP) is 5.61. The van der Waals surface area contributed by atoms with Crippen LogP contribution in [0, 0.1) is 17.7 Å². The molecule has 1 saturated carbocycles. The Morgan fingerprint density at radius 1 is 1.12 bits per heavy atom. The van der Waals surface area contributed by atoms with Crippen molar-refractivity contribution in [2.45, 2.75) is 69.3 Å². The molecule has 10 heteroatoms. The summed E-state index contributed by atoms with van der Waals surface area (Å²) in [6.07, 6.45) is -0.801.